The lowest BCUT2D eigenvalue weighted by molar-refractivity contribution is 0.939. The second-order valence-corrected chi connectivity index (χ2v) is 4.30. The van der Waals surface area contributed by atoms with Gasteiger partial charge in [-0.2, -0.15) is 0 Å². The van der Waals surface area contributed by atoms with Gasteiger partial charge in [0.2, 0.25) is 0 Å². The van der Waals surface area contributed by atoms with Crippen molar-refractivity contribution in [2.75, 3.05) is 0 Å². The van der Waals surface area contributed by atoms with Gasteiger partial charge in [-0.3, -0.25) is 0 Å². The SMILES string of the molecule is Cc1nc2c(C)cc(Br)cn2c1CN. The van der Waals surface area contributed by atoms with Crippen LogP contribution in [0.1, 0.15) is 17.0 Å². The Bertz CT molecular complexity index is 488. The van der Waals surface area contributed by atoms with E-state index in [9.17, 15) is 0 Å². The van der Waals surface area contributed by atoms with E-state index < -0.39 is 0 Å². The molecule has 2 aromatic rings. The van der Waals surface area contributed by atoms with Crippen LogP contribution in [0.25, 0.3) is 5.65 Å². The van der Waals surface area contributed by atoms with Gasteiger partial charge in [0.05, 0.1) is 11.4 Å². The van der Waals surface area contributed by atoms with Crippen molar-refractivity contribution in [3.63, 3.8) is 0 Å². The standard InChI is InChI=1S/C10H12BrN3/c1-6-3-8(11)5-14-9(4-12)7(2)13-10(6)14/h3,5H,4,12H2,1-2H3. The first kappa shape index (κ1) is 9.68. The lowest BCUT2D eigenvalue weighted by Gasteiger charge is -2.02. The highest BCUT2D eigenvalue weighted by Crippen LogP contribution is 2.19. The van der Waals surface area contributed by atoms with E-state index in [1.165, 1.54) is 0 Å². The Morgan fingerprint density at radius 2 is 2.21 bits per heavy atom. The molecule has 14 heavy (non-hydrogen) atoms. The molecule has 0 amide bonds. The Kier molecular flexibility index (Phi) is 2.33. The van der Waals surface area contributed by atoms with Crippen LogP contribution in [0.3, 0.4) is 0 Å². The highest BCUT2D eigenvalue weighted by molar-refractivity contribution is 9.10. The van der Waals surface area contributed by atoms with E-state index in [2.05, 4.69) is 31.4 Å². The minimum Gasteiger partial charge on any atom is -0.325 e. The Morgan fingerprint density at radius 3 is 2.86 bits per heavy atom. The Balaban J connectivity index is 2.87. The Morgan fingerprint density at radius 1 is 1.50 bits per heavy atom. The number of pyridine rings is 1. The average molecular weight is 254 g/mol. The Labute approximate surface area is 91.1 Å². The van der Waals surface area contributed by atoms with Crippen LogP contribution >= 0.6 is 15.9 Å². The van der Waals surface area contributed by atoms with Gasteiger partial charge in [0.1, 0.15) is 5.65 Å². The average Bonchev–Trinajstić information content (AvgIpc) is 2.41. The van der Waals surface area contributed by atoms with Gasteiger partial charge in [-0.1, -0.05) is 0 Å². The topological polar surface area (TPSA) is 43.3 Å². The van der Waals surface area contributed by atoms with E-state index in [1.54, 1.807) is 0 Å². The monoisotopic (exact) mass is 253 g/mol. The number of aryl methyl sites for hydroxylation is 2. The van der Waals surface area contributed by atoms with Crippen LogP contribution in [0.5, 0.6) is 0 Å². The minimum atomic E-state index is 0.517. The van der Waals surface area contributed by atoms with Crippen molar-refractivity contribution in [3.05, 3.63) is 33.7 Å². The second-order valence-electron chi connectivity index (χ2n) is 3.38. The van der Waals surface area contributed by atoms with E-state index in [1.807, 2.05) is 20.0 Å². The molecule has 4 heteroatoms. The molecule has 0 atom stereocenters. The number of nitrogens with two attached hydrogens (primary N) is 1. The molecule has 2 aromatic heterocycles. The van der Waals surface area contributed by atoms with E-state index >= 15 is 0 Å². The summed E-state index contributed by atoms with van der Waals surface area (Å²) in [6.07, 6.45) is 2.00. The van der Waals surface area contributed by atoms with Crippen LogP contribution in [0, 0.1) is 13.8 Å². The third-order valence-corrected chi connectivity index (χ3v) is 2.80. The summed E-state index contributed by atoms with van der Waals surface area (Å²) in [4.78, 5) is 4.49. The fourth-order valence-corrected chi connectivity index (χ4v) is 2.22. The van der Waals surface area contributed by atoms with Gasteiger partial charge < -0.3 is 10.1 Å². The van der Waals surface area contributed by atoms with Crippen molar-refractivity contribution >= 4 is 21.6 Å². The molecule has 0 unspecified atom stereocenters. The zero-order valence-electron chi connectivity index (χ0n) is 8.21. The summed E-state index contributed by atoms with van der Waals surface area (Å²) in [5.41, 5.74) is 9.91. The van der Waals surface area contributed by atoms with Gasteiger partial charge in [-0.15, -0.1) is 0 Å². The van der Waals surface area contributed by atoms with Crippen molar-refractivity contribution in [2.24, 2.45) is 5.73 Å². The first-order valence-electron chi connectivity index (χ1n) is 4.47. The predicted molar refractivity (Wildman–Crippen MR) is 60.3 cm³/mol. The molecule has 3 nitrogen and oxygen atoms in total. The molecule has 2 N–H and O–H groups in total. The second kappa shape index (κ2) is 3.37. The van der Waals surface area contributed by atoms with Crippen LogP contribution in [0.2, 0.25) is 0 Å². The van der Waals surface area contributed by atoms with Gasteiger partial charge in [0, 0.05) is 17.2 Å². The molecule has 0 saturated heterocycles. The summed E-state index contributed by atoms with van der Waals surface area (Å²) in [5.74, 6) is 0. The van der Waals surface area contributed by atoms with Crippen LogP contribution < -0.4 is 5.73 Å². The number of aromatic nitrogens is 2. The van der Waals surface area contributed by atoms with Crippen molar-refractivity contribution < 1.29 is 0 Å². The van der Waals surface area contributed by atoms with Crippen molar-refractivity contribution in [2.45, 2.75) is 20.4 Å². The normalized spacial score (nSPS) is 11.1. The summed E-state index contributed by atoms with van der Waals surface area (Å²) in [6, 6.07) is 2.06. The van der Waals surface area contributed by atoms with Crippen LogP contribution in [0.15, 0.2) is 16.7 Å². The van der Waals surface area contributed by atoms with Gasteiger partial charge >= 0.3 is 0 Å². The fourth-order valence-electron chi connectivity index (χ4n) is 1.67. The van der Waals surface area contributed by atoms with Crippen molar-refractivity contribution in [1.29, 1.82) is 0 Å². The molecule has 0 aliphatic heterocycles. The Hall–Kier alpha value is -0.870. The molecule has 74 valence electrons. The van der Waals surface area contributed by atoms with Crippen molar-refractivity contribution in [3.8, 4) is 0 Å². The highest BCUT2D eigenvalue weighted by atomic mass is 79.9. The molecule has 0 aliphatic rings. The number of imidazole rings is 1. The third-order valence-electron chi connectivity index (χ3n) is 2.36. The third kappa shape index (κ3) is 1.35. The largest absolute Gasteiger partial charge is 0.325 e. The van der Waals surface area contributed by atoms with Crippen molar-refractivity contribution in [1.82, 2.24) is 9.38 Å². The van der Waals surface area contributed by atoms with Gasteiger partial charge in [0.25, 0.3) is 0 Å². The summed E-state index contributed by atoms with van der Waals surface area (Å²) in [5, 5.41) is 0. The summed E-state index contributed by atoms with van der Waals surface area (Å²) in [7, 11) is 0. The first-order valence-corrected chi connectivity index (χ1v) is 5.26. The molecule has 0 spiro atoms. The number of nitrogens with zero attached hydrogens (tertiary/aromatic N) is 2. The lowest BCUT2D eigenvalue weighted by Crippen LogP contribution is -2.02. The maximum atomic E-state index is 5.69. The number of rotatable bonds is 1. The molecule has 2 heterocycles. The van der Waals surface area contributed by atoms with Crippen LogP contribution in [0.4, 0.5) is 0 Å². The maximum absolute atomic E-state index is 5.69. The van der Waals surface area contributed by atoms with E-state index in [4.69, 9.17) is 5.73 Å². The smallest absolute Gasteiger partial charge is 0.140 e. The number of hydrogen-bond donors (Lipinski definition) is 1. The van der Waals surface area contributed by atoms with Crippen LogP contribution in [-0.4, -0.2) is 9.38 Å². The summed E-state index contributed by atoms with van der Waals surface area (Å²) in [6.45, 7) is 4.55. The van der Waals surface area contributed by atoms with Crippen LogP contribution in [-0.2, 0) is 6.54 Å². The van der Waals surface area contributed by atoms with Gasteiger partial charge in [-0.05, 0) is 41.4 Å². The van der Waals surface area contributed by atoms with E-state index in [0.29, 0.717) is 6.54 Å². The van der Waals surface area contributed by atoms with E-state index in [0.717, 1.165) is 27.1 Å². The molecule has 0 radical (unpaired) electrons. The molecular formula is C10H12BrN3. The molecule has 0 saturated carbocycles. The highest BCUT2D eigenvalue weighted by Gasteiger charge is 2.09. The number of hydrogen-bond acceptors (Lipinski definition) is 2. The molecule has 0 aliphatic carbocycles. The predicted octanol–water partition coefficient (Wildman–Crippen LogP) is 2.17. The molecule has 0 fully saturated rings. The number of halogens is 1. The van der Waals surface area contributed by atoms with Gasteiger partial charge in [-0.25, -0.2) is 4.98 Å². The zero-order valence-corrected chi connectivity index (χ0v) is 9.80. The zero-order chi connectivity index (χ0) is 10.3. The molecule has 2 rings (SSSR count). The van der Waals surface area contributed by atoms with E-state index in [-0.39, 0.29) is 0 Å². The first-order chi connectivity index (χ1) is 6.63. The fraction of sp³-hybridized carbons (Fsp3) is 0.300. The minimum absolute atomic E-state index is 0.517. The summed E-state index contributed by atoms with van der Waals surface area (Å²) >= 11 is 3.47. The lowest BCUT2D eigenvalue weighted by atomic mass is 10.3. The summed E-state index contributed by atoms with van der Waals surface area (Å²) < 4.78 is 3.10. The molecule has 0 aromatic carbocycles. The quantitative estimate of drug-likeness (QED) is 0.847. The molecule has 0 bridgehead atoms. The number of fused-ring (bicyclic) bond motifs is 1. The van der Waals surface area contributed by atoms with Gasteiger partial charge in [0.15, 0.2) is 0 Å². The molecular weight excluding hydrogens is 242 g/mol. The maximum Gasteiger partial charge on any atom is 0.140 e.